The standard InChI is InChI=1S/C9H15BrO/c10-6-9(7-11)8-4-2-1-3-5-8/h7-9H,1-6H2. The Morgan fingerprint density at radius 2 is 2.00 bits per heavy atom. The molecule has 0 aromatic carbocycles. The van der Waals surface area contributed by atoms with Crippen LogP contribution >= 0.6 is 15.9 Å². The molecular weight excluding hydrogens is 204 g/mol. The molecule has 1 atom stereocenters. The fourth-order valence-electron chi connectivity index (χ4n) is 1.84. The summed E-state index contributed by atoms with van der Waals surface area (Å²) >= 11 is 3.38. The van der Waals surface area contributed by atoms with Crippen molar-refractivity contribution in [3.05, 3.63) is 0 Å². The first-order valence-corrected chi connectivity index (χ1v) is 5.52. The molecule has 2 heteroatoms. The third kappa shape index (κ3) is 2.58. The molecule has 0 spiro atoms. The molecule has 0 saturated heterocycles. The van der Waals surface area contributed by atoms with Crippen LogP contribution in [0.15, 0.2) is 0 Å². The van der Waals surface area contributed by atoms with E-state index in [1.165, 1.54) is 32.1 Å². The van der Waals surface area contributed by atoms with Crippen LogP contribution in [0.1, 0.15) is 32.1 Å². The number of halogens is 1. The first-order chi connectivity index (χ1) is 5.38. The summed E-state index contributed by atoms with van der Waals surface area (Å²) in [4.78, 5) is 10.6. The molecule has 1 aliphatic rings. The average molecular weight is 219 g/mol. The van der Waals surface area contributed by atoms with E-state index in [0.29, 0.717) is 5.92 Å². The molecule has 0 aliphatic heterocycles. The predicted molar refractivity (Wildman–Crippen MR) is 49.9 cm³/mol. The van der Waals surface area contributed by atoms with Gasteiger partial charge in [-0.1, -0.05) is 35.2 Å². The Kier molecular flexibility index (Phi) is 4.13. The Hall–Kier alpha value is 0.150. The fraction of sp³-hybridized carbons (Fsp3) is 0.889. The van der Waals surface area contributed by atoms with Gasteiger partial charge in [-0.15, -0.1) is 0 Å². The summed E-state index contributed by atoms with van der Waals surface area (Å²) in [6, 6.07) is 0. The number of aldehydes is 1. The number of carbonyl (C=O) groups excluding carboxylic acids is 1. The van der Waals surface area contributed by atoms with E-state index in [1.54, 1.807) is 0 Å². The maximum atomic E-state index is 10.6. The molecule has 1 rings (SSSR count). The maximum absolute atomic E-state index is 10.6. The van der Waals surface area contributed by atoms with E-state index < -0.39 is 0 Å². The second-order valence-electron chi connectivity index (χ2n) is 3.35. The highest BCUT2D eigenvalue weighted by Crippen LogP contribution is 2.29. The van der Waals surface area contributed by atoms with Crippen LogP contribution in [-0.4, -0.2) is 11.6 Å². The van der Waals surface area contributed by atoms with Crippen LogP contribution in [-0.2, 0) is 4.79 Å². The Balaban J connectivity index is 2.35. The normalized spacial score (nSPS) is 23.0. The molecule has 1 fully saturated rings. The van der Waals surface area contributed by atoms with Gasteiger partial charge in [0.15, 0.2) is 0 Å². The zero-order valence-corrected chi connectivity index (χ0v) is 8.35. The van der Waals surface area contributed by atoms with Gasteiger partial charge in [-0.2, -0.15) is 0 Å². The van der Waals surface area contributed by atoms with Gasteiger partial charge in [0.2, 0.25) is 0 Å². The van der Waals surface area contributed by atoms with Gasteiger partial charge in [-0.25, -0.2) is 0 Å². The summed E-state index contributed by atoms with van der Waals surface area (Å²) in [7, 11) is 0. The minimum absolute atomic E-state index is 0.273. The van der Waals surface area contributed by atoms with Crippen molar-refractivity contribution in [2.75, 3.05) is 5.33 Å². The number of hydrogen-bond acceptors (Lipinski definition) is 1. The lowest BCUT2D eigenvalue weighted by atomic mass is 9.81. The zero-order chi connectivity index (χ0) is 8.10. The van der Waals surface area contributed by atoms with Crippen molar-refractivity contribution in [3.8, 4) is 0 Å². The number of carbonyl (C=O) groups is 1. The zero-order valence-electron chi connectivity index (χ0n) is 6.76. The van der Waals surface area contributed by atoms with Crippen LogP contribution in [0.4, 0.5) is 0 Å². The van der Waals surface area contributed by atoms with Crippen LogP contribution in [0.2, 0.25) is 0 Å². The molecule has 1 aliphatic carbocycles. The highest BCUT2D eigenvalue weighted by molar-refractivity contribution is 9.09. The van der Waals surface area contributed by atoms with Crippen molar-refractivity contribution in [1.82, 2.24) is 0 Å². The first kappa shape index (κ1) is 9.24. The molecule has 0 radical (unpaired) electrons. The summed E-state index contributed by atoms with van der Waals surface area (Å²) in [6.45, 7) is 0. The number of hydrogen-bond donors (Lipinski definition) is 0. The summed E-state index contributed by atoms with van der Waals surface area (Å²) in [6.07, 6.45) is 7.64. The van der Waals surface area contributed by atoms with Gasteiger partial charge in [0.25, 0.3) is 0 Å². The molecule has 1 saturated carbocycles. The van der Waals surface area contributed by atoms with E-state index >= 15 is 0 Å². The third-order valence-electron chi connectivity index (χ3n) is 2.61. The van der Waals surface area contributed by atoms with Gasteiger partial charge in [0, 0.05) is 11.2 Å². The van der Waals surface area contributed by atoms with Gasteiger partial charge in [0.1, 0.15) is 6.29 Å². The molecule has 0 aromatic heterocycles. The van der Waals surface area contributed by atoms with Gasteiger partial charge in [-0.05, 0) is 18.8 Å². The summed E-state index contributed by atoms with van der Waals surface area (Å²) in [5, 5.41) is 0.848. The average Bonchev–Trinajstić information content (AvgIpc) is 2.09. The molecule has 0 bridgehead atoms. The van der Waals surface area contributed by atoms with E-state index in [1.807, 2.05) is 0 Å². The van der Waals surface area contributed by atoms with Crippen LogP contribution in [0.25, 0.3) is 0 Å². The number of rotatable bonds is 3. The smallest absolute Gasteiger partial charge is 0.124 e. The molecule has 11 heavy (non-hydrogen) atoms. The van der Waals surface area contributed by atoms with Gasteiger partial charge in [0.05, 0.1) is 0 Å². The van der Waals surface area contributed by atoms with Crippen molar-refractivity contribution in [2.24, 2.45) is 11.8 Å². The highest BCUT2D eigenvalue weighted by Gasteiger charge is 2.21. The predicted octanol–water partition coefficient (Wildman–Crippen LogP) is 2.78. The summed E-state index contributed by atoms with van der Waals surface area (Å²) < 4.78 is 0. The Bertz CT molecular complexity index is 119. The lowest BCUT2D eigenvalue weighted by Gasteiger charge is -2.25. The van der Waals surface area contributed by atoms with Gasteiger partial charge < -0.3 is 4.79 Å². The number of alkyl halides is 1. The van der Waals surface area contributed by atoms with Crippen molar-refractivity contribution in [2.45, 2.75) is 32.1 Å². The Morgan fingerprint density at radius 1 is 1.36 bits per heavy atom. The van der Waals surface area contributed by atoms with E-state index in [9.17, 15) is 4.79 Å². The summed E-state index contributed by atoms with van der Waals surface area (Å²) in [5.41, 5.74) is 0. The molecule has 0 amide bonds. The maximum Gasteiger partial charge on any atom is 0.124 e. The second-order valence-corrected chi connectivity index (χ2v) is 4.00. The molecule has 1 unspecified atom stereocenters. The van der Waals surface area contributed by atoms with Crippen LogP contribution < -0.4 is 0 Å². The topological polar surface area (TPSA) is 17.1 Å². The fourth-order valence-corrected chi connectivity index (χ4v) is 2.52. The van der Waals surface area contributed by atoms with Gasteiger partial charge in [-0.3, -0.25) is 0 Å². The monoisotopic (exact) mass is 218 g/mol. The van der Waals surface area contributed by atoms with E-state index in [4.69, 9.17) is 0 Å². The largest absolute Gasteiger partial charge is 0.303 e. The van der Waals surface area contributed by atoms with Crippen molar-refractivity contribution < 1.29 is 4.79 Å². The molecular formula is C9H15BrO. The minimum atomic E-state index is 0.273. The van der Waals surface area contributed by atoms with Crippen LogP contribution in [0.3, 0.4) is 0 Å². The Labute approximate surface area is 76.7 Å². The van der Waals surface area contributed by atoms with Crippen LogP contribution in [0, 0.1) is 11.8 Å². The highest BCUT2D eigenvalue weighted by atomic mass is 79.9. The summed E-state index contributed by atoms with van der Waals surface area (Å²) in [5.74, 6) is 0.941. The first-order valence-electron chi connectivity index (χ1n) is 4.39. The second kappa shape index (κ2) is 4.91. The lowest BCUT2D eigenvalue weighted by molar-refractivity contribution is -0.112. The van der Waals surface area contributed by atoms with Crippen molar-refractivity contribution in [3.63, 3.8) is 0 Å². The SMILES string of the molecule is O=CC(CBr)C1CCCCC1. The molecule has 64 valence electrons. The quantitative estimate of drug-likeness (QED) is 0.526. The lowest BCUT2D eigenvalue weighted by Crippen LogP contribution is -2.20. The minimum Gasteiger partial charge on any atom is -0.303 e. The third-order valence-corrected chi connectivity index (χ3v) is 3.36. The van der Waals surface area contributed by atoms with E-state index in [-0.39, 0.29) is 5.92 Å². The van der Waals surface area contributed by atoms with E-state index in [0.717, 1.165) is 11.6 Å². The van der Waals surface area contributed by atoms with Crippen molar-refractivity contribution in [1.29, 1.82) is 0 Å². The van der Waals surface area contributed by atoms with Gasteiger partial charge >= 0.3 is 0 Å². The van der Waals surface area contributed by atoms with E-state index in [2.05, 4.69) is 15.9 Å². The molecule has 1 nitrogen and oxygen atoms in total. The van der Waals surface area contributed by atoms with Crippen molar-refractivity contribution >= 4 is 22.2 Å². The Morgan fingerprint density at radius 3 is 2.45 bits per heavy atom. The molecule has 0 heterocycles. The molecule has 0 aromatic rings. The molecule has 0 N–H and O–H groups in total. The van der Waals surface area contributed by atoms with Crippen LogP contribution in [0.5, 0.6) is 0 Å².